The molecule has 3 rings (SSSR count). The van der Waals surface area contributed by atoms with Gasteiger partial charge in [-0.1, -0.05) is 32.0 Å². The van der Waals surface area contributed by atoms with E-state index in [9.17, 15) is 14.9 Å². The number of aryl methyl sites for hydroxylation is 2. The lowest BCUT2D eigenvalue weighted by atomic mass is 10.1. The van der Waals surface area contributed by atoms with Gasteiger partial charge in [-0.15, -0.1) is 0 Å². The summed E-state index contributed by atoms with van der Waals surface area (Å²) < 4.78 is 9.40. The number of Topliss-reactive ketones (excluding diaryl/α,β-unsaturated/α-hetero) is 1. The first-order valence-electron chi connectivity index (χ1n) is 11.4. The molecule has 0 aliphatic rings. The summed E-state index contributed by atoms with van der Waals surface area (Å²) in [5.74, 6) is -0.644. The van der Waals surface area contributed by atoms with Gasteiger partial charge in [-0.25, -0.2) is 4.79 Å². The van der Waals surface area contributed by atoms with Crippen LogP contribution in [0.1, 0.15) is 52.5 Å². The van der Waals surface area contributed by atoms with Crippen LogP contribution in [0, 0.1) is 44.9 Å². The molecule has 6 nitrogen and oxygen atoms in total. The maximum atomic E-state index is 12.8. The molecule has 1 aromatic carbocycles. The highest BCUT2D eigenvalue weighted by Crippen LogP contribution is 2.22. The summed E-state index contributed by atoms with van der Waals surface area (Å²) in [6, 6.07) is 15.4. The Bertz CT molecular complexity index is 1280. The van der Waals surface area contributed by atoms with Crippen molar-refractivity contribution in [3.05, 3.63) is 81.9 Å². The Morgan fingerprint density at radius 2 is 1.71 bits per heavy atom. The van der Waals surface area contributed by atoms with E-state index in [2.05, 4.69) is 18.4 Å². The lowest BCUT2D eigenvalue weighted by Crippen LogP contribution is -2.16. The van der Waals surface area contributed by atoms with Gasteiger partial charge < -0.3 is 13.9 Å². The van der Waals surface area contributed by atoms with Crippen molar-refractivity contribution >= 4 is 17.8 Å². The number of nitriles is 1. The van der Waals surface area contributed by atoms with Gasteiger partial charge in [-0.3, -0.25) is 4.79 Å². The zero-order chi connectivity index (χ0) is 25.0. The third-order valence-corrected chi connectivity index (χ3v) is 5.88. The molecule has 0 amide bonds. The number of hydrogen-bond acceptors (Lipinski definition) is 4. The second kappa shape index (κ2) is 10.4. The average molecular weight is 458 g/mol. The summed E-state index contributed by atoms with van der Waals surface area (Å²) in [5.41, 5.74) is 5.85. The van der Waals surface area contributed by atoms with E-state index in [-0.39, 0.29) is 11.4 Å². The number of ether oxygens (including phenoxy) is 1. The predicted octanol–water partition coefficient (Wildman–Crippen LogP) is 5.50. The number of esters is 1. The smallest absolute Gasteiger partial charge is 0.349 e. The summed E-state index contributed by atoms with van der Waals surface area (Å²) >= 11 is 0. The highest BCUT2D eigenvalue weighted by molar-refractivity contribution is 6.02. The van der Waals surface area contributed by atoms with Crippen molar-refractivity contribution in [2.45, 2.75) is 48.1 Å². The lowest BCUT2D eigenvalue weighted by Gasteiger charge is -2.12. The predicted molar refractivity (Wildman–Crippen MR) is 133 cm³/mol. The van der Waals surface area contributed by atoms with Crippen LogP contribution in [0.2, 0.25) is 0 Å². The van der Waals surface area contributed by atoms with Gasteiger partial charge >= 0.3 is 5.97 Å². The van der Waals surface area contributed by atoms with Crippen LogP contribution in [0.15, 0.2) is 48.0 Å². The Morgan fingerprint density at radius 3 is 2.32 bits per heavy atom. The number of carbonyl (C=O) groups is 2. The maximum Gasteiger partial charge on any atom is 0.349 e. The third kappa shape index (κ3) is 5.20. The fourth-order valence-corrected chi connectivity index (χ4v) is 4.22. The van der Waals surface area contributed by atoms with Gasteiger partial charge in [0.1, 0.15) is 11.6 Å². The second-order valence-electron chi connectivity index (χ2n) is 8.96. The molecule has 0 radical (unpaired) electrons. The van der Waals surface area contributed by atoms with E-state index in [0.29, 0.717) is 11.5 Å². The molecule has 0 atom stereocenters. The fraction of sp³-hybridized carbons (Fsp3) is 0.321. The molecule has 0 aliphatic heterocycles. The van der Waals surface area contributed by atoms with Crippen molar-refractivity contribution in [3.8, 4) is 11.8 Å². The molecular weight excluding hydrogens is 426 g/mol. The van der Waals surface area contributed by atoms with E-state index in [1.165, 1.54) is 6.08 Å². The number of rotatable bonds is 8. The van der Waals surface area contributed by atoms with Crippen LogP contribution in [0.3, 0.4) is 0 Å². The highest BCUT2D eigenvalue weighted by Gasteiger charge is 2.20. The molecule has 0 spiro atoms. The molecule has 176 valence electrons. The number of benzene rings is 1. The highest BCUT2D eigenvalue weighted by atomic mass is 16.5. The van der Waals surface area contributed by atoms with E-state index in [1.807, 2.05) is 74.7 Å². The molecule has 2 heterocycles. The van der Waals surface area contributed by atoms with Gasteiger partial charge in [0.25, 0.3) is 0 Å². The Balaban J connectivity index is 1.75. The van der Waals surface area contributed by atoms with Crippen molar-refractivity contribution < 1.29 is 14.3 Å². The van der Waals surface area contributed by atoms with Crippen LogP contribution in [0.4, 0.5) is 0 Å². The Labute approximate surface area is 201 Å². The van der Waals surface area contributed by atoms with E-state index in [4.69, 9.17) is 4.74 Å². The first-order valence-corrected chi connectivity index (χ1v) is 11.4. The number of carbonyl (C=O) groups excluding carboxylic acids is 2. The van der Waals surface area contributed by atoms with Crippen molar-refractivity contribution in [2.24, 2.45) is 5.92 Å². The molecule has 0 saturated carbocycles. The summed E-state index contributed by atoms with van der Waals surface area (Å²) in [6.45, 7) is 12.5. The molecule has 3 aromatic rings. The summed E-state index contributed by atoms with van der Waals surface area (Å²) in [5, 5.41) is 9.55. The van der Waals surface area contributed by atoms with Gasteiger partial charge in [0.05, 0.1) is 0 Å². The normalized spacial score (nSPS) is 11.5. The van der Waals surface area contributed by atoms with Gasteiger partial charge in [0.2, 0.25) is 5.78 Å². The molecule has 0 aliphatic carbocycles. The number of para-hydroxylation sites is 1. The van der Waals surface area contributed by atoms with Crippen LogP contribution in [-0.4, -0.2) is 27.5 Å². The first kappa shape index (κ1) is 24.8. The number of aromatic nitrogens is 2. The Morgan fingerprint density at radius 1 is 1.03 bits per heavy atom. The largest absolute Gasteiger partial charge is 0.453 e. The number of nitrogens with zero attached hydrogens (tertiary/aromatic N) is 3. The molecule has 0 saturated heterocycles. The number of ketones is 1. The molecule has 34 heavy (non-hydrogen) atoms. The lowest BCUT2D eigenvalue weighted by molar-refractivity contribution is -0.137. The molecule has 6 heteroatoms. The zero-order valence-electron chi connectivity index (χ0n) is 20.7. The van der Waals surface area contributed by atoms with E-state index < -0.39 is 12.6 Å². The molecular formula is C28H31N3O3. The average Bonchev–Trinajstić information content (AvgIpc) is 3.25. The van der Waals surface area contributed by atoms with Crippen molar-refractivity contribution in [3.63, 3.8) is 0 Å². The van der Waals surface area contributed by atoms with Crippen LogP contribution >= 0.6 is 0 Å². The SMILES string of the molecule is Cc1cc(C=C(C#N)C(=O)OCC(=O)c2cc(C)n(-c3ccccc3)c2C)c(C)n1CC(C)C. The minimum atomic E-state index is -0.804. The van der Waals surface area contributed by atoms with Gasteiger partial charge in [-0.05, 0) is 69.5 Å². The molecule has 0 bridgehead atoms. The third-order valence-electron chi connectivity index (χ3n) is 5.88. The van der Waals surface area contributed by atoms with Crippen molar-refractivity contribution in [1.29, 1.82) is 5.26 Å². The minimum absolute atomic E-state index is 0.132. The summed E-state index contributed by atoms with van der Waals surface area (Å²) in [4.78, 5) is 25.4. The Hall–Kier alpha value is -3.85. The van der Waals surface area contributed by atoms with E-state index in [1.54, 1.807) is 6.07 Å². The second-order valence-corrected chi connectivity index (χ2v) is 8.96. The standard InChI is InChI=1S/C28H31N3O3/c1-18(2)16-30-19(3)12-23(21(30)5)14-24(15-29)28(33)34-17-27(32)26-13-20(4)31(22(26)6)25-10-8-7-9-11-25/h7-14,18H,16-17H2,1-6H3. The van der Waals surface area contributed by atoms with Crippen LogP contribution in [0.5, 0.6) is 0 Å². The van der Waals surface area contributed by atoms with Crippen LogP contribution in [-0.2, 0) is 16.1 Å². The Kier molecular flexibility index (Phi) is 7.57. The molecule has 0 fully saturated rings. The van der Waals surface area contributed by atoms with Crippen molar-refractivity contribution in [2.75, 3.05) is 6.61 Å². The van der Waals surface area contributed by atoms with Gasteiger partial charge in [0, 0.05) is 40.6 Å². The quantitative estimate of drug-likeness (QED) is 0.194. The molecule has 0 N–H and O–H groups in total. The van der Waals surface area contributed by atoms with Gasteiger partial charge in [-0.2, -0.15) is 5.26 Å². The monoisotopic (exact) mass is 457 g/mol. The number of hydrogen-bond donors (Lipinski definition) is 0. The zero-order valence-corrected chi connectivity index (χ0v) is 20.7. The first-order chi connectivity index (χ1) is 16.1. The fourth-order valence-electron chi connectivity index (χ4n) is 4.22. The molecule has 0 unspecified atom stereocenters. The molecule has 2 aromatic heterocycles. The summed E-state index contributed by atoms with van der Waals surface area (Å²) in [7, 11) is 0. The topological polar surface area (TPSA) is 77.0 Å². The maximum absolute atomic E-state index is 12.8. The minimum Gasteiger partial charge on any atom is -0.453 e. The van der Waals surface area contributed by atoms with Crippen LogP contribution in [0.25, 0.3) is 11.8 Å². The van der Waals surface area contributed by atoms with E-state index >= 15 is 0 Å². The van der Waals surface area contributed by atoms with E-state index in [0.717, 1.165) is 40.6 Å². The van der Waals surface area contributed by atoms with Gasteiger partial charge in [0.15, 0.2) is 6.61 Å². The van der Waals surface area contributed by atoms with Crippen LogP contribution < -0.4 is 0 Å². The van der Waals surface area contributed by atoms with Crippen molar-refractivity contribution in [1.82, 2.24) is 9.13 Å². The summed E-state index contributed by atoms with van der Waals surface area (Å²) in [6.07, 6.45) is 1.53.